The molecule has 2 aliphatic carbocycles. The third-order valence-electron chi connectivity index (χ3n) is 5.06. The molecule has 0 aliphatic heterocycles. The molecule has 142 valence electrons. The fourth-order valence-corrected chi connectivity index (χ4v) is 25.1. The van der Waals surface area contributed by atoms with Gasteiger partial charge in [-0.2, -0.15) is 0 Å². The van der Waals surface area contributed by atoms with Crippen LogP contribution in [-0.2, 0) is 32.5 Å². The Kier molecular flexibility index (Phi) is 9.95. The van der Waals surface area contributed by atoms with Crippen LogP contribution in [0.15, 0.2) is 104 Å². The summed E-state index contributed by atoms with van der Waals surface area (Å²) in [6.45, 7) is 0. The van der Waals surface area contributed by atoms with E-state index >= 15 is 0 Å². The van der Waals surface area contributed by atoms with Crippen molar-refractivity contribution in [3.05, 3.63) is 115 Å². The van der Waals surface area contributed by atoms with Gasteiger partial charge < -0.3 is 24.8 Å². The van der Waals surface area contributed by atoms with E-state index < -0.39 is 25.8 Å². The number of allylic oxidation sites excluding steroid dienone is 8. The van der Waals surface area contributed by atoms with Crippen LogP contribution in [0.25, 0.3) is 0 Å². The standard InChI is InChI=1S/C14H14Si.2C5H5.2ClH.Zr/c1-3-7-13(8-4-1)11-15-12-14-9-5-2-6-10-14;2*1-2-4-5-3-1;;;/h1-10H,11-12H2;2*1-3H,4H2;2*1H;/q;;;;;+2/p-2. The number of hydrogen-bond donors (Lipinski definition) is 0. The monoisotopic (exact) mass is 500 g/mol. The Labute approximate surface area is 189 Å². The average Bonchev–Trinajstić information content (AvgIpc) is 3.38. The van der Waals surface area contributed by atoms with Gasteiger partial charge in [0.1, 0.15) is 0 Å². The quantitative estimate of drug-likeness (QED) is 0.483. The first-order valence-corrected chi connectivity index (χ1v) is 17.5. The van der Waals surface area contributed by atoms with Gasteiger partial charge >= 0.3 is 166 Å². The second kappa shape index (κ2) is 11.9. The molecule has 2 aromatic carbocycles. The molecular formula is C24H24Cl2SiZr. The molecule has 0 nitrogen and oxygen atoms in total. The molecule has 0 aromatic heterocycles. The van der Waals surface area contributed by atoms with Crippen molar-refractivity contribution in [3.8, 4) is 0 Å². The molecule has 0 radical (unpaired) electrons. The van der Waals surface area contributed by atoms with Gasteiger partial charge in [-0.1, -0.05) is 0 Å². The molecule has 2 aliphatic rings. The average molecular weight is 503 g/mol. The Balaban J connectivity index is 0.00000140. The Bertz CT molecular complexity index is 850. The number of rotatable bonds is 6. The maximum absolute atomic E-state index is 2.47. The fourth-order valence-electron chi connectivity index (χ4n) is 3.85. The second-order valence-electron chi connectivity index (χ2n) is 6.95. The summed E-state index contributed by atoms with van der Waals surface area (Å²) in [4.78, 5) is 0. The molecule has 4 rings (SSSR count). The summed E-state index contributed by atoms with van der Waals surface area (Å²) in [5.41, 5.74) is 2.60. The topological polar surface area (TPSA) is 0 Å². The van der Waals surface area contributed by atoms with Crippen LogP contribution in [0.1, 0.15) is 24.0 Å². The zero-order valence-corrected chi connectivity index (χ0v) is 20.8. The van der Waals surface area contributed by atoms with Gasteiger partial charge in [-0.05, 0) is 0 Å². The van der Waals surface area contributed by atoms with Crippen molar-refractivity contribution in [1.82, 2.24) is 0 Å². The molecule has 0 atom stereocenters. The number of benzene rings is 2. The second-order valence-corrected chi connectivity index (χ2v) is 22.0. The predicted octanol–water partition coefficient (Wildman–Crippen LogP) is -0.144. The van der Waals surface area contributed by atoms with Crippen molar-refractivity contribution >= 4 is 5.43 Å². The molecule has 2 aromatic rings. The zero-order chi connectivity index (χ0) is 17.6. The van der Waals surface area contributed by atoms with Crippen LogP contribution in [0.2, 0.25) is 0 Å². The molecule has 0 amide bonds. The first-order valence-electron chi connectivity index (χ1n) is 9.42. The molecule has 0 heterocycles. The van der Waals surface area contributed by atoms with Crippen LogP contribution < -0.4 is 24.8 Å². The van der Waals surface area contributed by atoms with E-state index in [-0.39, 0.29) is 24.8 Å². The maximum Gasteiger partial charge on any atom is -1.00 e. The van der Waals surface area contributed by atoms with E-state index in [4.69, 9.17) is 0 Å². The molecular weight excluding hydrogens is 478 g/mol. The summed E-state index contributed by atoms with van der Waals surface area (Å²) in [5.74, 6) is 0. The molecule has 0 saturated carbocycles. The summed E-state index contributed by atoms with van der Waals surface area (Å²) >= 11 is -1.81. The molecule has 0 bridgehead atoms. The summed E-state index contributed by atoms with van der Waals surface area (Å²) in [6, 6.07) is 25.0. The van der Waals surface area contributed by atoms with Crippen LogP contribution in [0.5, 0.6) is 0 Å². The summed E-state index contributed by atoms with van der Waals surface area (Å²) in [7, 11) is 0. The van der Waals surface area contributed by atoms with Crippen LogP contribution in [0.4, 0.5) is 0 Å². The number of halogens is 2. The SMILES string of the molecule is C1=CC[C]([Zr+2]([C]2=CC=CC2)=[Si](Cc2ccccc2)Cc2ccccc2)=C1.[Cl-].[Cl-]. The predicted molar refractivity (Wildman–Crippen MR) is 110 cm³/mol. The van der Waals surface area contributed by atoms with Gasteiger partial charge in [0.25, 0.3) is 0 Å². The van der Waals surface area contributed by atoms with Crippen molar-refractivity contribution in [2.75, 3.05) is 0 Å². The summed E-state index contributed by atoms with van der Waals surface area (Å²) in [5, 5.41) is 0. The molecule has 28 heavy (non-hydrogen) atoms. The molecule has 0 N–H and O–H groups in total. The zero-order valence-electron chi connectivity index (χ0n) is 15.8. The Morgan fingerprint density at radius 1 is 0.643 bits per heavy atom. The van der Waals surface area contributed by atoms with Crippen molar-refractivity contribution in [3.63, 3.8) is 0 Å². The van der Waals surface area contributed by atoms with Gasteiger partial charge in [-0.25, -0.2) is 0 Å². The van der Waals surface area contributed by atoms with Gasteiger partial charge in [0, 0.05) is 0 Å². The Morgan fingerprint density at radius 3 is 1.43 bits per heavy atom. The van der Waals surface area contributed by atoms with E-state index in [0.717, 1.165) is 0 Å². The van der Waals surface area contributed by atoms with E-state index in [1.54, 1.807) is 0 Å². The maximum atomic E-state index is 2.47. The smallest absolute Gasteiger partial charge is 1.00 e. The Morgan fingerprint density at radius 2 is 1.07 bits per heavy atom. The minimum absolute atomic E-state index is 0. The first kappa shape index (κ1) is 23.4. The van der Waals surface area contributed by atoms with Gasteiger partial charge in [0.15, 0.2) is 0 Å². The molecule has 0 fully saturated rings. The largest absolute Gasteiger partial charge is 1.00 e. The molecule has 4 heteroatoms. The van der Waals surface area contributed by atoms with Crippen LogP contribution in [0, 0.1) is 0 Å². The van der Waals surface area contributed by atoms with Gasteiger partial charge in [-0.3, -0.25) is 0 Å². The van der Waals surface area contributed by atoms with Gasteiger partial charge in [0.05, 0.1) is 0 Å². The van der Waals surface area contributed by atoms with Crippen LogP contribution >= 0.6 is 0 Å². The van der Waals surface area contributed by atoms with Crippen LogP contribution in [-0.4, -0.2) is 5.43 Å². The minimum Gasteiger partial charge on any atom is -1.00 e. The van der Waals surface area contributed by atoms with Crippen molar-refractivity contribution < 1.29 is 45.2 Å². The number of hydrogen-bond acceptors (Lipinski definition) is 0. The molecule has 0 unspecified atom stereocenters. The minimum atomic E-state index is -1.81. The van der Waals surface area contributed by atoms with E-state index in [9.17, 15) is 0 Å². The third-order valence-corrected chi connectivity index (χ3v) is 24.0. The van der Waals surface area contributed by atoms with Crippen molar-refractivity contribution in [2.45, 2.75) is 24.9 Å². The molecule has 0 spiro atoms. The first-order chi connectivity index (χ1) is 12.9. The molecule has 0 saturated heterocycles. The van der Waals surface area contributed by atoms with E-state index in [2.05, 4.69) is 97.1 Å². The normalized spacial score (nSPS) is 13.7. The van der Waals surface area contributed by atoms with Gasteiger partial charge in [-0.15, -0.1) is 0 Å². The Hall–Kier alpha value is -0.920. The van der Waals surface area contributed by atoms with Crippen molar-refractivity contribution in [1.29, 1.82) is 0 Å². The van der Waals surface area contributed by atoms with E-state index in [1.165, 1.54) is 36.1 Å². The summed E-state index contributed by atoms with van der Waals surface area (Å²) in [6.07, 6.45) is 16.7. The van der Waals surface area contributed by atoms with Crippen molar-refractivity contribution in [2.24, 2.45) is 0 Å². The van der Waals surface area contributed by atoms with E-state index in [0.29, 0.717) is 0 Å². The third kappa shape index (κ3) is 6.04. The summed E-state index contributed by atoms with van der Waals surface area (Å²) < 4.78 is 3.64. The van der Waals surface area contributed by atoms with Gasteiger partial charge in [0.2, 0.25) is 0 Å². The van der Waals surface area contributed by atoms with Crippen LogP contribution in [0.3, 0.4) is 0 Å². The van der Waals surface area contributed by atoms with E-state index in [1.807, 2.05) is 6.56 Å². The fraction of sp³-hybridized carbons (Fsp3) is 0.167.